The van der Waals surface area contributed by atoms with Crippen molar-refractivity contribution in [2.75, 3.05) is 0 Å². The molecule has 3 heterocycles. The predicted octanol–water partition coefficient (Wildman–Crippen LogP) is 3.90. The van der Waals surface area contributed by atoms with Crippen LogP contribution in [0.25, 0.3) is 22.6 Å². The van der Waals surface area contributed by atoms with Gasteiger partial charge in [0.2, 0.25) is 5.91 Å². The zero-order valence-corrected chi connectivity index (χ0v) is 20.9. The molecule has 9 nitrogen and oxygen atoms in total. The molecule has 186 valence electrons. The molecule has 2 N–H and O–H groups in total. The van der Waals surface area contributed by atoms with Gasteiger partial charge in [0.1, 0.15) is 5.69 Å². The highest BCUT2D eigenvalue weighted by atomic mass is 16.2. The molecule has 0 saturated heterocycles. The number of nitrogens with zero attached hydrogens (tertiary/aromatic N) is 5. The van der Waals surface area contributed by atoms with Crippen LogP contribution < -0.4 is 10.9 Å². The maximum absolute atomic E-state index is 13.1. The van der Waals surface area contributed by atoms with Crippen molar-refractivity contribution >= 4 is 17.5 Å². The summed E-state index contributed by atoms with van der Waals surface area (Å²) in [5.41, 5.74) is 12.1. The van der Waals surface area contributed by atoms with Crippen molar-refractivity contribution in [3.63, 3.8) is 0 Å². The molecule has 3 aromatic heterocycles. The first-order chi connectivity index (χ1) is 17.9. The first-order valence-corrected chi connectivity index (χ1v) is 12.0. The summed E-state index contributed by atoms with van der Waals surface area (Å²) >= 11 is 0. The molecule has 0 aliphatic carbocycles. The number of carbonyl (C=O) groups is 2. The van der Waals surface area contributed by atoms with Crippen LogP contribution in [0.15, 0.2) is 72.9 Å². The zero-order chi connectivity index (χ0) is 25.9. The Balaban J connectivity index is 1.29. The van der Waals surface area contributed by atoms with Gasteiger partial charge in [-0.2, -0.15) is 10.2 Å². The third-order valence-electron chi connectivity index (χ3n) is 6.23. The van der Waals surface area contributed by atoms with Crippen molar-refractivity contribution in [3.8, 4) is 16.9 Å². The summed E-state index contributed by atoms with van der Waals surface area (Å²) in [7, 11) is 0. The zero-order valence-electron chi connectivity index (χ0n) is 20.9. The number of hydrazine groups is 1. The molecule has 0 saturated carbocycles. The molecule has 2 aromatic carbocycles. The smallest absolute Gasteiger partial charge is 0.273 e. The van der Waals surface area contributed by atoms with Gasteiger partial charge in [-0.15, -0.1) is 0 Å². The van der Waals surface area contributed by atoms with Gasteiger partial charge in [0.15, 0.2) is 5.65 Å². The summed E-state index contributed by atoms with van der Waals surface area (Å²) in [5.74, 6) is -0.752. The maximum atomic E-state index is 13.1. The van der Waals surface area contributed by atoms with Crippen LogP contribution in [0.5, 0.6) is 0 Å². The number of aryl methyl sites for hydroxylation is 3. The second-order valence-electron chi connectivity index (χ2n) is 8.86. The fraction of sp³-hybridized carbons (Fsp3) is 0.179. The largest absolute Gasteiger partial charge is 0.273 e. The molecule has 0 aliphatic rings. The summed E-state index contributed by atoms with van der Waals surface area (Å²) in [4.78, 5) is 30.4. The molecule has 0 unspecified atom stereocenters. The number of benzene rings is 2. The Morgan fingerprint density at radius 1 is 0.892 bits per heavy atom. The first-order valence-electron chi connectivity index (χ1n) is 12.0. The van der Waals surface area contributed by atoms with E-state index in [1.807, 2.05) is 87.5 Å². The Morgan fingerprint density at radius 3 is 2.32 bits per heavy atom. The molecule has 9 heteroatoms. The highest BCUT2D eigenvalue weighted by molar-refractivity contribution is 6.00. The number of para-hydroxylation sites is 1. The Kier molecular flexibility index (Phi) is 6.51. The number of hydrogen-bond donors (Lipinski definition) is 2. The lowest BCUT2D eigenvalue weighted by atomic mass is 10.1. The Morgan fingerprint density at radius 2 is 1.59 bits per heavy atom. The third kappa shape index (κ3) is 4.97. The van der Waals surface area contributed by atoms with Crippen molar-refractivity contribution < 1.29 is 9.59 Å². The summed E-state index contributed by atoms with van der Waals surface area (Å²) in [6.45, 7) is 5.82. The second kappa shape index (κ2) is 10.1. The predicted molar refractivity (Wildman–Crippen MR) is 140 cm³/mol. The van der Waals surface area contributed by atoms with E-state index in [0.717, 1.165) is 39.5 Å². The quantitative estimate of drug-likeness (QED) is 0.349. The summed E-state index contributed by atoms with van der Waals surface area (Å²) in [6.07, 6.45) is 2.32. The summed E-state index contributed by atoms with van der Waals surface area (Å²) in [6, 6.07) is 20.9. The van der Waals surface area contributed by atoms with Crippen LogP contribution in [0.1, 0.15) is 39.4 Å². The fourth-order valence-corrected chi connectivity index (χ4v) is 4.36. The van der Waals surface area contributed by atoms with E-state index in [-0.39, 0.29) is 12.3 Å². The van der Waals surface area contributed by atoms with Gasteiger partial charge in [0, 0.05) is 35.6 Å². The number of aromatic nitrogens is 5. The first kappa shape index (κ1) is 23.9. The van der Waals surface area contributed by atoms with Crippen LogP contribution in [-0.2, 0) is 11.2 Å². The SMILES string of the molecule is Cc1cc2nc(C)c(CCC(=O)NNC(=O)c3cn(-c4ccccc4)nc3-c3ccccc3)c(C)n2n1. The maximum Gasteiger partial charge on any atom is 0.273 e. The standard InChI is InChI=1S/C28H27N7O2/c1-18-16-25-29-19(2)23(20(3)35(25)32-18)14-15-26(36)30-31-28(37)24-17-34(22-12-8-5-9-13-22)33-27(24)21-10-6-4-7-11-21/h4-13,16-17H,14-15H2,1-3H3,(H,30,36)(H,31,37). The lowest BCUT2D eigenvalue weighted by Gasteiger charge is -2.11. The molecule has 0 aliphatic heterocycles. The average Bonchev–Trinajstić information content (AvgIpc) is 3.52. The van der Waals surface area contributed by atoms with E-state index in [2.05, 4.69) is 26.0 Å². The lowest BCUT2D eigenvalue weighted by molar-refractivity contribution is -0.121. The lowest BCUT2D eigenvalue weighted by Crippen LogP contribution is -2.41. The van der Waals surface area contributed by atoms with Gasteiger partial charge in [0.25, 0.3) is 5.91 Å². The Hall–Kier alpha value is -4.79. The van der Waals surface area contributed by atoms with Crippen molar-refractivity contribution in [2.45, 2.75) is 33.6 Å². The number of carbonyl (C=O) groups excluding carboxylic acids is 2. The van der Waals surface area contributed by atoms with Gasteiger partial charge in [0.05, 0.1) is 16.9 Å². The molecule has 0 spiro atoms. The minimum Gasteiger partial charge on any atom is -0.273 e. The van der Waals surface area contributed by atoms with Crippen molar-refractivity contribution in [3.05, 3.63) is 101 Å². The van der Waals surface area contributed by atoms with Crippen LogP contribution in [-0.4, -0.2) is 36.2 Å². The molecule has 37 heavy (non-hydrogen) atoms. The molecule has 0 bridgehead atoms. The van der Waals surface area contributed by atoms with Gasteiger partial charge in [-0.1, -0.05) is 48.5 Å². The number of hydrogen-bond acceptors (Lipinski definition) is 5. The average molecular weight is 494 g/mol. The Labute approximate surface area is 214 Å². The molecule has 0 atom stereocenters. The van der Waals surface area contributed by atoms with Crippen molar-refractivity contribution in [2.24, 2.45) is 0 Å². The van der Waals surface area contributed by atoms with Crippen LogP contribution in [0.3, 0.4) is 0 Å². The minimum absolute atomic E-state index is 0.185. The highest BCUT2D eigenvalue weighted by Gasteiger charge is 2.19. The Bertz CT molecular complexity index is 1590. The molecule has 2 amide bonds. The highest BCUT2D eigenvalue weighted by Crippen LogP contribution is 2.23. The number of rotatable bonds is 6. The van der Waals surface area contributed by atoms with E-state index in [1.54, 1.807) is 15.4 Å². The van der Waals surface area contributed by atoms with Gasteiger partial charge in [-0.05, 0) is 44.9 Å². The number of fused-ring (bicyclic) bond motifs is 1. The molecule has 5 rings (SSSR count). The summed E-state index contributed by atoms with van der Waals surface area (Å²) in [5, 5.41) is 9.13. The molecule has 0 radical (unpaired) electrons. The van der Waals surface area contributed by atoms with Crippen LogP contribution >= 0.6 is 0 Å². The van der Waals surface area contributed by atoms with E-state index >= 15 is 0 Å². The van der Waals surface area contributed by atoms with E-state index < -0.39 is 5.91 Å². The van der Waals surface area contributed by atoms with Gasteiger partial charge in [-0.25, -0.2) is 14.2 Å². The second-order valence-corrected chi connectivity index (χ2v) is 8.86. The minimum atomic E-state index is -0.447. The van der Waals surface area contributed by atoms with E-state index in [1.165, 1.54) is 0 Å². The fourth-order valence-electron chi connectivity index (χ4n) is 4.36. The van der Waals surface area contributed by atoms with Crippen LogP contribution in [0.4, 0.5) is 0 Å². The molecular formula is C28H27N7O2. The van der Waals surface area contributed by atoms with Gasteiger partial charge in [-0.3, -0.25) is 20.4 Å². The van der Waals surface area contributed by atoms with Crippen molar-refractivity contribution in [1.29, 1.82) is 0 Å². The number of amides is 2. The van der Waals surface area contributed by atoms with Crippen LogP contribution in [0, 0.1) is 20.8 Å². The molecular weight excluding hydrogens is 466 g/mol. The van der Waals surface area contributed by atoms with E-state index in [4.69, 9.17) is 0 Å². The van der Waals surface area contributed by atoms with Crippen molar-refractivity contribution in [1.82, 2.24) is 35.2 Å². The normalized spacial score (nSPS) is 11.0. The van der Waals surface area contributed by atoms with Crippen LogP contribution in [0.2, 0.25) is 0 Å². The van der Waals surface area contributed by atoms with Gasteiger partial charge >= 0.3 is 0 Å². The number of nitrogens with one attached hydrogen (secondary N) is 2. The molecule has 0 fully saturated rings. The van der Waals surface area contributed by atoms with E-state index in [9.17, 15) is 9.59 Å². The topological polar surface area (TPSA) is 106 Å². The summed E-state index contributed by atoms with van der Waals surface area (Å²) < 4.78 is 3.46. The monoisotopic (exact) mass is 493 g/mol. The van der Waals surface area contributed by atoms with E-state index in [0.29, 0.717) is 17.7 Å². The third-order valence-corrected chi connectivity index (χ3v) is 6.23. The van der Waals surface area contributed by atoms with Gasteiger partial charge < -0.3 is 0 Å². The molecule has 5 aromatic rings.